The molecule has 0 saturated heterocycles. The topological polar surface area (TPSA) is 30.5 Å². The number of halogens is 3. The molecule has 0 aliphatic carbocycles. The molecular formula is C13H20Br2ClNO2. The van der Waals surface area contributed by atoms with Gasteiger partial charge in [-0.15, -0.1) is 12.4 Å². The Morgan fingerprint density at radius 2 is 2.00 bits per heavy atom. The summed E-state index contributed by atoms with van der Waals surface area (Å²) in [6.07, 6.45) is 1.02. The summed E-state index contributed by atoms with van der Waals surface area (Å²) in [6, 6.07) is 4.05. The van der Waals surface area contributed by atoms with Crippen molar-refractivity contribution in [2.24, 2.45) is 0 Å². The lowest BCUT2D eigenvalue weighted by atomic mass is 10.2. The Hall–Kier alpha value is 0.190. The predicted octanol–water partition coefficient (Wildman–Crippen LogP) is 4.16. The summed E-state index contributed by atoms with van der Waals surface area (Å²) in [5.74, 6) is 0.885. The average Bonchev–Trinajstić information content (AvgIpc) is 2.33. The Morgan fingerprint density at radius 3 is 2.63 bits per heavy atom. The summed E-state index contributed by atoms with van der Waals surface area (Å²) in [4.78, 5) is 0. The molecule has 0 saturated carbocycles. The number of benzene rings is 1. The molecule has 0 amide bonds. The van der Waals surface area contributed by atoms with Gasteiger partial charge < -0.3 is 14.8 Å². The van der Waals surface area contributed by atoms with Crippen LogP contribution in [0, 0.1) is 0 Å². The third kappa shape index (κ3) is 6.95. The van der Waals surface area contributed by atoms with E-state index in [4.69, 9.17) is 9.47 Å². The fourth-order valence-electron chi connectivity index (χ4n) is 1.64. The van der Waals surface area contributed by atoms with Crippen LogP contribution >= 0.6 is 44.3 Å². The van der Waals surface area contributed by atoms with E-state index < -0.39 is 0 Å². The molecule has 1 aromatic rings. The van der Waals surface area contributed by atoms with E-state index in [0.717, 1.165) is 53.0 Å². The lowest BCUT2D eigenvalue weighted by Crippen LogP contribution is -2.17. The van der Waals surface area contributed by atoms with Crippen molar-refractivity contribution in [2.75, 3.05) is 26.9 Å². The largest absolute Gasteiger partial charge is 0.495 e. The van der Waals surface area contributed by atoms with Crippen molar-refractivity contribution in [1.29, 1.82) is 0 Å². The maximum absolute atomic E-state index is 5.39. The maximum Gasteiger partial charge on any atom is 0.137 e. The number of hydrogen-bond donors (Lipinski definition) is 1. The van der Waals surface area contributed by atoms with Gasteiger partial charge in [0.25, 0.3) is 0 Å². The second kappa shape index (κ2) is 10.9. The zero-order chi connectivity index (χ0) is 13.4. The first-order valence-electron chi connectivity index (χ1n) is 5.99. The van der Waals surface area contributed by atoms with E-state index in [1.54, 1.807) is 7.11 Å². The van der Waals surface area contributed by atoms with Crippen molar-refractivity contribution < 1.29 is 9.47 Å². The zero-order valence-corrected chi connectivity index (χ0v) is 15.2. The third-order valence-corrected chi connectivity index (χ3v) is 3.50. The first-order chi connectivity index (χ1) is 8.69. The molecule has 0 radical (unpaired) electrons. The number of hydrogen-bond acceptors (Lipinski definition) is 3. The fourth-order valence-corrected chi connectivity index (χ4v) is 3.12. The Morgan fingerprint density at radius 1 is 1.26 bits per heavy atom. The predicted molar refractivity (Wildman–Crippen MR) is 88.5 cm³/mol. The molecule has 1 rings (SSSR count). The van der Waals surface area contributed by atoms with Gasteiger partial charge >= 0.3 is 0 Å². The van der Waals surface area contributed by atoms with Crippen LogP contribution in [0.4, 0.5) is 0 Å². The quantitative estimate of drug-likeness (QED) is 0.645. The van der Waals surface area contributed by atoms with Crippen LogP contribution in [0.2, 0.25) is 0 Å². The van der Waals surface area contributed by atoms with Gasteiger partial charge in [0, 0.05) is 29.8 Å². The van der Waals surface area contributed by atoms with Crippen LogP contribution < -0.4 is 10.1 Å². The van der Waals surface area contributed by atoms with E-state index in [0.29, 0.717) is 0 Å². The SMILES string of the molecule is CCOCCCNCc1cc(Br)cc(Br)c1OC.Cl. The van der Waals surface area contributed by atoms with Gasteiger partial charge in [-0.25, -0.2) is 0 Å². The van der Waals surface area contributed by atoms with Crippen LogP contribution in [0.1, 0.15) is 18.9 Å². The number of methoxy groups -OCH3 is 1. The highest BCUT2D eigenvalue weighted by atomic mass is 79.9. The van der Waals surface area contributed by atoms with Crippen molar-refractivity contribution in [3.8, 4) is 5.75 Å². The van der Waals surface area contributed by atoms with Crippen LogP contribution in [0.5, 0.6) is 5.75 Å². The maximum atomic E-state index is 5.39. The number of rotatable bonds is 8. The van der Waals surface area contributed by atoms with Gasteiger partial charge in [0.1, 0.15) is 5.75 Å². The van der Waals surface area contributed by atoms with Gasteiger partial charge in [0.15, 0.2) is 0 Å². The second-order valence-corrected chi connectivity index (χ2v) is 5.58. The molecule has 110 valence electrons. The Kier molecular flexibility index (Phi) is 11.0. The monoisotopic (exact) mass is 415 g/mol. The molecule has 19 heavy (non-hydrogen) atoms. The third-order valence-electron chi connectivity index (χ3n) is 2.45. The van der Waals surface area contributed by atoms with E-state index in [1.165, 1.54) is 0 Å². The van der Waals surface area contributed by atoms with Gasteiger partial charge in [0.2, 0.25) is 0 Å². The first kappa shape index (κ1) is 19.2. The molecule has 0 aliphatic heterocycles. The normalized spacial score (nSPS) is 10.1. The molecule has 0 aromatic heterocycles. The summed E-state index contributed by atoms with van der Waals surface area (Å²) in [5, 5.41) is 3.39. The Bertz CT molecular complexity index is 378. The summed E-state index contributed by atoms with van der Waals surface area (Å²) in [5.41, 5.74) is 1.13. The molecule has 0 aliphatic rings. The van der Waals surface area contributed by atoms with Gasteiger partial charge in [-0.05, 0) is 48.0 Å². The lowest BCUT2D eigenvalue weighted by Gasteiger charge is -2.12. The van der Waals surface area contributed by atoms with Crippen LogP contribution in [-0.4, -0.2) is 26.9 Å². The van der Waals surface area contributed by atoms with Crippen molar-refractivity contribution in [1.82, 2.24) is 5.32 Å². The molecule has 0 bridgehead atoms. The highest BCUT2D eigenvalue weighted by molar-refractivity contribution is 9.11. The van der Waals surface area contributed by atoms with E-state index in [1.807, 2.05) is 13.0 Å². The van der Waals surface area contributed by atoms with Gasteiger partial charge in [-0.1, -0.05) is 15.9 Å². The lowest BCUT2D eigenvalue weighted by molar-refractivity contribution is 0.144. The Balaban J connectivity index is 0.00000324. The summed E-state index contributed by atoms with van der Waals surface area (Å²) in [7, 11) is 1.69. The molecule has 0 fully saturated rings. The van der Waals surface area contributed by atoms with Gasteiger partial charge in [0.05, 0.1) is 11.6 Å². The average molecular weight is 418 g/mol. The molecule has 0 spiro atoms. The Labute approximate surface area is 138 Å². The minimum atomic E-state index is 0. The highest BCUT2D eigenvalue weighted by Gasteiger charge is 2.08. The van der Waals surface area contributed by atoms with E-state index in [2.05, 4.69) is 43.2 Å². The van der Waals surface area contributed by atoms with Crippen molar-refractivity contribution in [3.63, 3.8) is 0 Å². The molecule has 0 atom stereocenters. The van der Waals surface area contributed by atoms with Gasteiger partial charge in [-0.2, -0.15) is 0 Å². The molecule has 6 heteroatoms. The molecular weight excluding hydrogens is 397 g/mol. The van der Waals surface area contributed by atoms with Gasteiger partial charge in [-0.3, -0.25) is 0 Å². The van der Waals surface area contributed by atoms with Crippen LogP contribution in [-0.2, 0) is 11.3 Å². The van der Waals surface area contributed by atoms with Crippen molar-refractivity contribution in [3.05, 3.63) is 26.6 Å². The highest BCUT2D eigenvalue weighted by Crippen LogP contribution is 2.32. The first-order valence-corrected chi connectivity index (χ1v) is 7.58. The minimum Gasteiger partial charge on any atom is -0.495 e. The summed E-state index contributed by atoms with van der Waals surface area (Å²) >= 11 is 6.98. The van der Waals surface area contributed by atoms with Crippen molar-refractivity contribution >= 4 is 44.3 Å². The molecule has 0 unspecified atom stereocenters. The molecule has 3 nitrogen and oxygen atoms in total. The van der Waals surface area contributed by atoms with Crippen LogP contribution in [0.15, 0.2) is 21.1 Å². The van der Waals surface area contributed by atoms with E-state index in [-0.39, 0.29) is 12.4 Å². The standard InChI is InChI=1S/C13H19Br2NO2.ClH/c1-3-18-6-4-5-16-9-10-7-11(14)8-12(15)13(10)17-2;/h7-8,16H,3-6,9H2,1-2H3;1H. The van der Waals surface area contributed by atoms with Crippen molar-refractivity contribution in [2.45, 2.75) is 19.9 Å². The zero-order valence-electron chi connectivity index (χ0n) is 11.2. The molecule has 0 heterocycles. The second-order valence-electron chi connectivity index (χ2n) is 3.81. The number of ether oxygens (including phenoxy) is 2. The van der Waals surface area contributed by atoms with Crippen LogP contribution in [0.25, 0.3) is 0 Å². The fraction of sp³-hybridized carbons (Fsp3) is 0.538. The molecule has 1 aromatic carbocycles. The smallest absolute Gasteiger partial charge is 0.137 e. The minimum absolute atomic E-state index is 0. The molecule has 1 N–H and O–H groups in total. The van der Waals surface area contributed by atoms with Crippen LogP contribution in [0.3, 0.4) is 0 Å². The summed E-state index contributed by atoms with van der Waals surface area (Å²) in [6.45, 7) is 5.33. The number of nitrogens with one attached hydrogen (secondary N) is 1. The van der Waals surface area contributed by atoms with E-state index >= 15 is 0 Å². The van der Waals surface area contributed by atoms with E-state index in [9.17, 15) is 0 Å². The summed E-state index contributed by atoms with van der Waals surface area (Å²) < 4.78 is 12.7.